The Balaban J connectivity index is 1.69. The third-order valence-corrected chi connectivity index (χ3v) is 4.02. The summed E-state index contributed by atoms with van der Waals surface area (Å²) in [6, 6.07) is 16.5. The number of rotatable bonds is 4. The summed E-state index contributed by atoms with van der Waals surface area (Å²) in [5.41, 5.74) is 3.80. The number of aromatic nitrogens is 3. The molecule has 0 aliphatic heterocycles. The van der Waals surface area contributed by atoms with E-state index in [4.69, 9.17) is 9.40 Å². The lowest BCUT2D eigenvalue weighted by Gasteiger charge is -2.13. The molecule has 5 nitrogen and oxygen atoms in total. The molecular formula is C18H18N4O. The van der Waals surface area contributed by atoms with Gasteiger partial charge in [-0.3, -0.25) is 0 Å². The number of benzene rings is 2. The van der Waals surface area contributed by atoms with Gasteiger partial charge < -0.3 is 14.3 Å². The molecule has 0 saturated heterocycles. The summed E-state index contributed by atoms with van der Waals surface area (Å²) in [5.74, 6) is 0.982. The standard InChI is InChI=1S/C18H18N4O/c1-3-22-15-10-6-4-8-13(15)20-17(22)12(2)19-18-21-14-9-5-7-11-16(14)23-18/h4-12H,3H2,1-2H3,(H,19,21). The Morgan fingerprint density at radius 2 is 1.78 bits per heavy atom. The molecule has 1 N–H and O–H groups in total. The zero-order chi connectivity index (χ0) is 15.8. The summed E-state index contributed by atoms with van der Waals surface area (Å²) < 4.78 is 7.97. The molecule has 116 valence electrons. The van der Waals surface area contributed by atoms with Crippen LogP contribution in [0.1, 0.15) is 25.7 Å². The highest BCUT2D eigenvalue weighted by molar-refractivity contribution is 5.76. The third kappa shape index (κ3) is 2.34. The van der Waals surface area contributed by atoms with E-state index in [9.17, 15) is 0 Å². The first-order valence-electron chi connectivity index (χ1n) is 7.83. The molecule has 0 amide bonds. The number of nitrogens with one attached hydrogen (secondary N) is 1. The number of imidazole rings is 1. The van der Waals surface area contributed by atoms with Gasteiger partial charge in [0.05, 0.1) is 17.1 Å². The molecule has 0 aliphatic rings. The van der Waals surface area contributed by atoms with Crippen LogP contribution in [0, 0.1) is 0 Å². The fourth-order valence-corrected chi connectivity index (χ4v) is 2.94. The quantitative estimate of drug-likeness (QED) is 0.608. The van der Waals surface area contributed by atoms with Crippen molar-refractivity contribution >= 4 is 28.1 Å². The van der Waals surface area contributed by atoms with E-state index in [0.29, 0.717) is 6.01 Å². The molecule has 1 unspecified atom stereocenters. The molecule has 0 spiro atoms. The topological polar surface area (TPSA) is 55.9 Å². The van der Waals surface area contributed by atoms with E-state index in [1.54, 1.807) is 0 Å². The molecule has 2 aromatic heterocycles. The Bertz CT molecular complexity index is 936. The molecule has 4 aromatic rings. The number of fused-ring (bicyclic) bond motifs is 2. The molecule has 0 aliphatic carbocycles. The second-order valence-corrected chi connectivity index (χ2v) is 5.56. The van der Waals surface area contributed by atoms with Gasteiger partial charge in [0.2, 0.25) is 0 Å². The minimum atomic E-state index is -0.00425. The molecule has 4 rings (SSSR count). The van der Waals surface area contributed by atoms with Gasteiger partial charge in [-0.1, -0.05) is 24.3 Å². The smallest absolute Gasteiger partial charge is 0.296 e. The van der Waals surface area contributed by atoms with Crippen LogP contribution in [0.15, 0.2) is 52.9 Å². The van der Waals surface area contributed by atoms with Crippen molar-refractivity contribution in [2.45, 2.75) is 26.4 Å². The minimum absolute atomic E-state index is 0.00425. The molecule has 5 heteroatoms. The van der Waals surface area contributed by atoms with Crippen molar-refractivity contribution in [1.29, 1.82) is 0 Å². The van der Waals surface area contributed by atoms with Gasteiger partial charge >= 0.3 is 0 Å². The zero-order valence-electron chi connectivity index (χ0n) is 13.2. The average Bonchev–Trinajstić information content (AvgIpc) is 3.14. The zero-order valence-corrected chi connectivity index (χ0v) is 13.2. The minimum Gasteiger partial charge on any atom is -0.424 e. The van der Waals surface area contributed by atoms with Crippen molar-refractivity contribution in [3.63, 3.8) is 0 Å². The number of anilines is 1. The first-order valence-corrected chi connectivity index (χ1v) is 7.83. The van der Waals surface area contributed by atoms with Crippen LogP contribution in [0.5, 0.6) is 0 Å². The average molecular weight is 306 g/mol. The van der Waals surface area contributed by atoms with E-state index in [2.05, 4.69) is 34.8 Å². The Morgan fingerprint density at radius 3 is 2.57 bits per heavy atom. The Hall–Kier alpha value is -2.82. The maximum Gasteiger partial charge on any atom is 0.296 e. The van der Waals surface area contributed by atoms with Crippen LogP contribution < -0.4 is 5.32 Å². The van der Waals surface area contributed by atoms with Crippen LogP contribution in [0.25, 0.3) is 22.1 Å². The Labute approximate surface area is 134 Å². The fraction of sp³-hybridized carbons (Fsp3) is 0.222. The van der Waals surface area contributed by atoms with Crippen molar-refractivity contribution in [2.24, 2.45) is 0 Å². The molecular weight excluding hydrogens is 288 g/mol. The van der Waals surface area contributed by atoms with Crippen LogP contribution in [-0.2, 0) is 6.54 Å². The highest BCUT2D eigenvalue weighted by atomic mass is 16.4. The SMILES string of the molecule is CCn1c(C(C)Nc2nc3ccccc3o2)nc2ccccc21. The lowest BCUT2D eigenvalue weighted by molar-refractivity contribution is 0.590. The first kappa shape index (κ1) is 13.8. The van der Waals surface area contributed by atoms with Gasteiger partial charge in [-0.2, -0.15) is 4.98 Å². The second-order valence-electron chi connectivity index (χ2n) is 5.56. The van der Waals surface area contributed by atoms with E-state index >= 15 is 0 Å². The van der Waals surface area contributed by atoms with E-state index in [0.717, 1.165) is 34.5 Å². The van der Waals surface area contributed by atoms with Gasteiger partial charge in [-0.15, -0.1) is 0 Å². The predicted octanol–water partition coefficient (Wildman–Crippen LogP) is 4.37. The predicted molar refractivity (Wildman–Crippen MR) is 91.5 cm³/mol. The van der Waals surface area contributed by atoms with Crippen LogP contribution >= 0.6 is 0 Å². The summed E-state index contributed by atoms with van der Waals surface area (Å²) in [7, 11) is 0. The third-order valence-electron chi connectivity index (χ3n) is 4.02. The van der Waals surface area contributed by atoms with Gasteiger partial charge in [0.25, 0.3) is 6.01 Å². The number of para-hydroxylation sites is 4. The van der Waals surface area contributed by atoms with Gasteiger partial charge in [0.1, 0.15) is 11.3 Å². The van der Waals surface area contributed by atoms with Crippen molar-refractivity contribution in [3.05, 3.63) is 54.4 Å². The van der Waals surface area contributed by atoms with Crippen LogP contribution in [0.2, 0.25) is 0 Å². The molecule has 0 radical (unpaired) electrons. The maximum absolute atomic E-state index is 5.75. The van der Waals surface area contributed by atoms with Gasteiger partial charge in [-0.25, -0.2) is 4.98 Å². The largest absolute Gasteiger partial charge is 0.424 e. The molecule has 2 aromatic carbocycles. The van der Waals surface area contributed by atoms with Crippen LogP contribution in [-0.4, -0.2) is 14.5 Å². The number of nitrogens with zero attached hydrogens (tertiary/aromatic N) is 3. The Kier molecular flexibility index (Phi) is 3.26. The van der Waals surface area contributed by atoms with Crippen molar-refractivity contribution in [2.75, 3.05) is 5.32 Å². The van der Waals surface area contributed by atoms with E-state index in [-0.39, 0.29) is 6.04 Å². The van der Waals surface area contributed by atoms with E-state index < -0.39 is 0 Å². The van der Waals surface area contributed by atoms with Crippen molar-refractivity contribution in [1.82, 2.24) is 14.5 Å². The summed E-state index contributed by atoms with van der Waals surface area (Å²) in [6.45, 7) is 5.07. The van der Waals surface area contributed by atoms with Gasteiger partial charge in [-0.05, 0) is 38.1 Å². The lowest BCUT2D eigenvalue weighted by Crippen LogP contribution is -2.13. The molecule has 0 fully saturated rings. The number of aryl methyl sites for hydroxylation is 1. The number of hydrogen-bond acceptors (Lipinski definition) is 4. The second kappa shape index (κ2) is 5.43. The van der Waals surface area contributed by atoms with Gasteiger partial charge in [0.15, 0.2) is 5.58 Å². The van der Waals surface area contributed by atoms with Gasteiger partial charge in [0, 0.05) is 6.54 Å². The number of oxazole rings is 1. The summed E-state index contributed by atoms with van der Waals surface area (Å²) >= 11 is 0. The molecule has 0 saturated carbocycles. The lowest BCUT2D eigenvalue weighted by atomic mass is 10.3. The normalized spacial score (nSPS) is 12.8. The monoisotopic (exact) mass is 306 g/mol. The van der Waals surface area contributed by atoms with Crippen LogP contribution in [0.4, 0.5) is 6.01 Å². The maximum atomic E-state index is 5.75. The highest BCUT2D eigenvalue weighted by Crippen LogP contribution is 2.25. The fourth-order valence-electron chi connectivity index (χ4n) is 2.94. The number of hydrogen-bond donors (Lipinski definition) is 1. The summed E-state index contributed by atoms with van der Waals surface area (Å²) in [6.07, 6.45) is 0. The Morgan fingerprint density at radius 1 is 1.04 bits per heavy atom. The molecule has 23 heavy (non-hydrogen) atoms. The van der Waals surface area contributed by atoms with Crippen molar-refractivity contribution < 1.29 is 4.42 Å². The molecule has 0 bridgehead atoms. The first-order chi connectivity index (χ1) is 11.3. The molecule has 2 heterocycles. The van der Waals surface area contributed by atoms with E-state index in [1.165, 1.54) is 0 Å². The van der Waals surface area contributed by atoms with Crippen LogP contribution in [0.3, 0.4) is 0 Å². The highest BCUT2D eigenvalue weighted by Gasteiger charge is 2.17. The molecule has 1 atom stereocenters. The van der Waals surface area contributed by atoms with Crippen molar-refractivity contribution in [3.8, 4) is 0 Å². The summed E-state index contributed by atoms with van der Waals surface area (Å²) in [4.78, 5) is 9.24. The van der Waals surface area contributed by atoms with E-state index in [1.807, 2.05) is 42.5 Å². The summed E-state index contributed by atoms with van der Waals surface area (Å²) in [5, 5.41) is 3.32.